The van der Waals surface area contributed by atoms with E-state index in [4.69, 9.17) is 23.2 Å². The second kappa shape index (κ2) is 7.08. The van der Waals surface area contributed by atoms with E-state index in [-0.39, 0.29) is 0 Å². The van der Waals surface area contributed by atoms with Crippen molar-refractivity contribution in [3.63, 3.8) is 0 Å². The lowest BCUT2D eigenvalue weighted by molar-refractivity contribution is 0.584. The third kappa shape index (κ3) is 3.19. The van der Waals surface area contributed by atoms with Crippen molar-refractivity contribution in [2.24, 2.45) is 0 Å². The van der Waals surface area contributed by atoms with Crippen molar-refractivity contribution in [3.05, 3.63) is 64.3 Å². The summed E-state index contributed by atoms with van der Waals surface area (Å²) in [7, 11) is 0. The molecule has 0 fully saturated rings. The van der Waals surface area contributed by atoms with Crippen molar-refractivity contribution in [1.82, 2.24) is 20.4 Å². The maximum absolute atomic E-state index is 13.6. The largest absolute Gasteiger partial charge is 0.257 e. The minimum atomic E-state index is -0.624. The fraction of sp³-hybridized carbons (Fsp3) is 0. The van der Waals surface area contributed by atoms with Gasteiger partial charge in [0.25, 0.3) is 0 Å². The van der Waals surface area contributed by atoms with Crippen LogP contribution in [-0.4, -0.2) is 20.4 Å². The van der Waals surface area contributed by atoms with Crippen molar-refractivity contribution in [2.45, 2.75) is 0 Å². The van der Waals surface area contributed by atoms with Crippen LogP contribution in [0.4, 0.5) is 4.39 Å². The van der Waals surface area contributed by atoms with Gasteiger partial charge in [-0.1, -0.05) is 34.5 Å². The van der Waals surface area contributed by atoms with Crippen LogP contribution in [0.5, 0.6) is 0 Å². The first-order valence-corrected chi connectivity index (χ1v) is 9.16. The Kier molecular flexibility index (Phi) is 4.62. The number of hydrogen-bond acceptors (Lipinski definition) is 5. The number of H-pyrrole nitrogens is 1. The Morgan fingerprint density at radius 3 is 2.67 bits per heavy atom. The second-order valence-electron chi connectivity index (χ2n) is 5.48. The lowest BCUT2D eigenvalue weighted by Crippen LogP contribution is -1.87. The molecule has 0 radical (unpaired) electrons. The number of aromatic nitrogens is 4. The van der Waals surface area contributed by atoms with Crippen molar-refractivity contribution >= 4 is 34.5 Å². The van der Waals surface area contributed by atoms with Crippen LogP contribution in [0.25, 0.3) is 32.1 Å². The van der Waals surface area contributed by atoms with Crippen LogP contribution in [0.2, 0.25) is 10.0 Å². The van der Waals surface area contributed by atoms with Crippen LogP contribution < -0.4 is 0 Å². The van der Waals surface area contributed by atoms with Crippen molar-refractivity contribution in [1.29, 1.82) is 5.26 Å². The summed E-state index contributed by atoms with van der Waals surface area (Å²) < 4.78 is 13.6. The standard InChI is InChI=1S/C18H8Cl2FN5S/c19-10-1-2-11(13(20)6-10)16-12(7-22)17(9-3-4-23-15(21)5-9)27-18(16)14-8-24-26-25-14/h1-6,8H,(H,24,25,26). The molecule has 0 saturated carbocycles. The smallest absolute Gasteiger partial charge is 0.213 e. The van der Waals surface area contributed by atoms with Gasteiger partial charge in [-0.25, -0.2) is 4.98 Å². The summed E-state index contributed by atoms with van der Waals surface area (Å²) in [6, 6.07) is 10.2. The minimum Gasteiger partial charge on any atom is -0.257 e. The Balaban J connectivity index is 2.06. The van der Waals surface area contributed by atoms with Gasteiger partial charge in [0.1, 0.15) is 6.07 Å². The fourth-order valence-electron chi connectivity index (χ4n) is 2.73. The highest BCUT2D eigenvalue weighted by molar-refractivity contribution is 7.19. The van der Waals surface area contributed by atoms with Crippen LogP contribution in [0.3, 0.4) is 0 Å². The molecule has 5 nitrogen and oxygen atoms in total. The molecule has 0 atom stereocenters. The predicted molar refractivity (Wildman–Crippen MR) is 103 cm³/mol. The summed E-state index contributed by atoms with van der Waals surface area (Å²) in [5.74, 6) is -0.624. The van der Waals surface area contributed by atoms with E-state index >= 15 is 0 Å². The zero-order chi connectivity index (χ0) is 19.0. The van der Waals surface area contributed by atoms with Crippen LogP contribution in [-0.2, 0) is 0 Å². The van der Waals surface area contributed by atoms with Crippen molar-refractivity contribution in [2.75, 3.05) is 0 Å². The highest BCUT2D eigenvalue weighted by atomic mass is 35.5. The lowest BCUT2D eigenvalue weighted by atomic mass is 9.98. The molecule has 0 unspecified atom stereocenters. The van der Waals surface area contributed by atoms with Gasteiger partial charge in [0.2, 0.25) is 5.95 Å². The summed E-state index contributed by atoms with van der Waals surface area (Å²) in [6.07, 6.45) is 2.91. The Labute approximate surface area is 167 Å². The summed E-state index contributed by atoms with van der Waals surface area (Å²) in [5, 5.41) is 21.1. The third-order valence-electron chi connectivity index (χ3n) is 3.87. The van der Waals surface area contributed by atoms with Gasteiger partial charge >= 0.3 is 0 Å². The molecule has 3 heterocycles. The molecule has 3 aromatic heterocycles. The molecule has 27 heavy (non-hydrogen) atoms. The number of benzene rings is 1. The molecule has 1 aromatic carbocycles. The van der Waals surface area contributed by atoms with Gasteiger partial charge in [0.15, 0.2) is 0 Å². The SMILES string of the molecule is N#Cc1c(-c2ccnc(F)c2)sc(-c2cnn[nH]2)c1-c1ccc(Cl)cc1Cl. The summed E-state index contributed by atoms with van der Waals surface area (Å²) in [5.41, 5.74) is 2.80. The van der Waals surface area contributed by atoms with Crippen LogP contribution >= 0.6 is 34.5 Å². The van der Waals surface area contributed by atoms with E-state index in [9.17, 15) is 9.65 Å². The van der Waals surface area contributed by atoms with Gasteiger partial charge in [0, 0.05) is 33.4 Å². The average molecular weight is 416 g/mol. The van der Waals surface area contributed by atoms with Gasteiger partial charge in [-0.2, -0.15) is 9.65 Å². The lowest BCUT2D eigenvalue weighted by Gasteiger charge is -2.07. The first-order chi connectivity index (χ1) is 13.1. The van der Waals surface area contributed by atoms with E-state index in [1.807, 2.05) is 0 Å². The molecule has 0 spiro atoms. The van der Waals surface area contributed by atoms with E-state index in [1.54, 1.807) is 30.5 Å². The molecule has 1 N–H and O–H groups in total. The molecule has 0 aliphatic rings. The Bertz CT molecular complexity index is 1180. The number of halogens is 3. The van der Waals surface area contributed by atoms with Gasteiger partial charge < -0.3 is 0 Å². The first-order valence-electron chi connectivity index (χ1n) is 7.59. The number of nitrogens with zero attached hydrogens (tertiary/aromatic N) is 4. The highest BCUT2D eigenvalue weighted by Crippen LogP contribution is 2.48. The average Bonchev–Trinajstić information content (AvgIpc) is 3.29. The number of nitrogens with one attached hydrogen (secondary N) is 1. The maximum atomic E-state index is 13.6. The minimum absolute atomic E-state index is 0.374. The molecule has 0 bridgehead atoms. The molecular weight excluding hydrogens is 408 g/mol. The van der Waals surface area contributed by atoms with Crippen LogP contribution in [0.15, 0.2) is 42.7 Å². The van der Waals surface area contributed by atoms with Gasteiger partial charge in [-0.3, -0.25) is 5.10 Å². The zero-order valence-electron chi connectivity index (χ0n) is 13.4. The van der Waals surface area contributed by atoms with E-state index in [1.165, 1.54) is 23.6 Å². The van der Waals surface area contributed by atoms with E-state index in [2.05, 4.69) is 26.5 Å². The highest BCUT2D eigenvalue weighted by Gasteiger charge is 2.24. The van der Waals surface area contributed by atoms with Gasteiger partial charge in [-0.15, -0.1) is 16.4 Å². The van der Waals surface area contributed by atoms with Crippen LogP contribution in [0, 0.1) is 17.3 Å². The number of hydrogen-bond donors (Lipinski definition) is 1. The molecule has 9 heteroatoms. The summed E-state index contributed by atoms with van der Waals surface area (Å²) >= 11 is 13.7. The molecule has 0 saturated heterocycles. The molecule has 0 aliphatic heterocycles. The molecule has 0 aliphatic carbocycles. The van der Waals surface area contributed by atoms with Crippen LogP contribution in [0.1, 0.15) is 5.56 Å². The number of nitriles is 1. The quantitative estimate of drug-likeness (QED) is 0.443. The zero-order valence-corrected chi connectivity index (χ0v) is 15.7. The fourth-order valence-corrected chi connectivity index (χ4v) is 4.46. The number of thiophene rings is 1. The number of aromatic amines is 1. The summed E-state index contributed by atoms with van der Waals surface area (Å²) in [4.78, 5) is 4.89. The Morgan fingerprint density at radius 1 is 1.15 bits per heavy atom. The number of pyridine rings is 1. The van der Waals surface area contributed by atoms with E-state index in [0.29, 0.717) is 47.7 Å². The van der Waals surface area contributed by atoms with E-state index in [0.717, 1.165) is 0 Å². The van der Waals surface area contributed by atoms with Gasteiger partial charge in [0.05, 0.1) is 27.2 Å². The van der Waals surface area contributed by atoms with Gasteiger partial charge in [-0.05, 0) is 23.8 Å². The first kappa shape index (κ1) is 17.6. The predicted octanol–water partition coefficient (Wildman–Crippen LogP) is 5.58. The molecular formula is C18H8Cl2FN5S. The van der Waals surface area contributed by atoms with E-state index < -0.39 is 5.95 Å². The normalized spacial score (nSPS) is 10.7. The topological polar surface area (TPSA) is 78.2 Å². The summed E-state index contributed by atoms with van der Waals surface area (Å²) in [6.45, 7) is 0. The molecule has 132 valence electrons. The molecule has 0 amide bonds. The monoisotopic (exact) mass is 415 g/mol. The van der Waals surface area contributed by atoms with Crippen molar-refractivity contribution in [3.8, 4) is 38.2 Å². The molecule has 4 rings (SSSR count). The maximum Gasteiger partial charge on any atom is 0.213 e. The number of rotatable bonds is 3. The molecule has 4 aromatic rings. The second-order valence-corrected chi connectivity index (χ2v) is 7.35. The van der Waals surface area contributed by atoms with Crippen molar-refractivity contribution < 1.29 is 4.39 Å². The Morgan fingerprint density at radius 2 is 2.00 bits per heavy atom. The third-order valence-corrected chi connectivity index (χ3v) is 5.69. The Hall–Kier alpha value is -2.79.